The van der Waals surface area contributed by atoms with E-state index in [9.17, 15) is 18.0 Å². The Balaban J connectivity index is 2.14. The van der Waals surface area contributed by atoms with Crippen molar-refractivity contribution >= 4 is 21.8 Å². The molecule has 1 aromatic carbocycles. The monoisotopic (exact) mass is 352 g/mol. The molecule has 2 aromatic rings. The Morgan fingerprint density at radius 2 is 1.79 bits per heavy atom. The van der Waals surface area contributed by atoms with Crippen LogP contribution in [0.3, 0.4) is 0 Å². The molecule has 0 atom stereocenters. The summed E-state index contributed by atoms with van der Waals surface area (Å²) >= 11 is 0. The zero-order chi connectivity index (χ0) is 17.7. The average Bonchev–Trinajstić information content (AvgIpc) is 3.08. The fraction of sp³-hybridized carbons (Fsp3) is 0.250. The summed E-state index contributed by atoms with van der Waals surface area (Å²) in [7, 11) is -2.33. The molecule has 0 unspecified atom stereocenters. The molecule has 0 radical (unpaired) electrons. The van der Waals surface area contributed by atoms with Gasteiger partial charge in [-0.05, 0) is 24.3 Å². The molecule has 0 saturated carbocycles. The van der Waals surface area contributed by atoms with Crippen LogP contribution in [0, 0.1) is 0 Å². The second-order valence-electron chi connectivity index (χ2n) is 4.73. The van der Waals surface area contributed by atoms with Crippen molar-refractivity contribution in [2.45, 2.75) is 18.4 Å². The molecule has 0 amide bonds. The molecule has 0 spiro atoms. The van der Waals surface area contributed by atoms with Crippen molar-refractivity contribution in [3.05, 3.63) is 53.5 Å². The second-order valence-corrected chi connectivity index (χ2v) is 6.98. The third-order valence-corrected chi connectivity index (χ3v) is 5.00. The maximum absolute atomic E-state index is 12.2. The predicted molar refractivity (Wildman–Crippen MR) is 83.3 cm³/mol. The SMILES string of the molecule is CCS(=O)(=O)c1ccccc1C(=O)OCc1ccc(C(=O)OC)o1. The molecule has 1 aromatic heterocycles. The van der Waals surface area contributed by atoms with Crippen molar-refractivity contribution < 1.29 is 31.9 Å². The second kappa shape index (κ2) is 7.31. The molecular formula is C16H16O7S. The lowest BCUT2D eigenvalue weighted by Gasteiger charge is -2.08. The van der Waals surface area contributed by atoms with E-state index in [0.29, 0.717) is 0 Å². The smallest absolute Gasteiger partial charge is 0.373 e. The van der Waals surface area contributed by atoms with E-state index < -0.39 is 21.8 Å². The van der Waals surface area contributed by atoms with Gasteiger partial charge in [0.2, 0.25) is 5.76 Å². The summed E-state index contributed by atoms with van der Waals surface area (Å²) < 4.78 is 38.8. The van der Waals surface area contributed by atoms with Crippen LogP contribution in [0.5, 0.6) is 0 Å². The summed E-state index contributed by atoms with van der Waals surface area (Å²) in [6.07, 6.45) is 0. The molecule has 8 heteroatoms. The highest BCUT2D eigenvalue weighted by atomic mass is 32.2. The van der Waals surface area contributed by atoms with Gasteiger partial charge >= 0.3 is 11.9 Å². The number of benzene rings is 1. The van der Waals surface area contributed by atoms with E-state index in [0.717, 1.165) is 0 Å². The first-order valence-corrected chi connectivity index (χ1v) is 8.70. The molecule has 0 fully saturated rings. The van der Waals surface area contributed by atoms with Crippen molar-refractivity contribution in [3.8, 4) is 0 Å². The Labute approximate surface area is 139 Å². The summed E-state index contributed by atoms with van der Waals surface area (Å²) in [6.45, 7) is 1.25. The van der Waals surface area contributed by atoms with Gasteiger partial charge in [0.1, 0.15) is 12.4 Å². The molecule has 0 aliphatic heterocycles. The summed E-state index contributed by atoms with van der Waals surface area (Å²) in [4.78, 5) is 23.4. The number of ether oxygens (including phenoxy) is 2. The largest absolute Gasteiger partial charge is 0.463 e. The number of hydrogen-bond donors (Lipinski definition) is 0. The first kappa shape index (κ1) is 17.7. The van der Waals surface area contributed by atoms with Crippen LogP contribution in [-0.2, 0) is 25.9 Å². The fourth-order valence-electron chi connectivity index (χ4n) is 1.94. The lowest BCUT2D eigenvalue weighted by molar-refractivity contribution is 0.0434. The third kappa shape index (κ3) is 3.83. The number of methoxy groups -OCH3 is 1. The van der Waals surface area contributed by atoms with Crippen LogP contribution in [0.15, 0.2) is 45.7 Å². The van der Waals surface area contributed by atoms with Crippen molar-refractivity contribution in [2.24, 2.45) is 0 Å². The van der Waals surface area contributed by atoms with Crippen LogP contribution < -0.4 is 0 Å². The van der Waals surface area contributed by atoms with E-state index >= 15 is 0 Å². The van der Waals surface area contributed by atoms with Gasteiger partial charge in [0.25, 0.3) is 0 Å². The molecule has 0 aliphatic rings. The van der Waals surface area contributed by atoms with E-state index in [1.165, 1.54) is 44.4 Å². The van der Waals surface area contributed by atoms with Gasteiger partial charge in [-0.25, -0.2) is 18.0 Å². The third-order valence-electron chi connectivity index (χ3n) is 3.22. The van der Waals surface area contributed by atoms with E-state index in [1.807, 2.05) is 0 Å². The van der Waals surface area contributed by atoms with Crippen LogP contribution in [0.25, 0.3) is 0 Å². The fourth-order valence-corrected chi connectivity index (χ4v) is 3.03. The van der Waals surface area contributed by atoms with Gasteiger partial charge in [-0.2, -0.15) is 0 Å². The number of hydrogen-bond acceptors (Lipinski definition) is 7. The van der Waals surface area contributed by atoms with E-state index in [-0.39, 0.29) is 34.3 Å². The topological polar surface area (TPSA) is 99.9 Å². The Kier molecular flexibility index (Phi) is 5.40. The molecule has 128 valence electrons. The summed E-state index contributed by atoms with van der Waals surface area (Å²) in [6, 6.07) is 8.69. The molecule has 7 nitrogen and oxygen atoms in total. The number of carbonyl (C=O) groups is 2. The van der Waals surface area contributed by atoms with Gasteiger partial charge in [-0.1, -0.05) is 19.1 Å². The lowest BCUT2D eigenvalue weighted by Crippen LogP contribution is -2.13. The van der Waals surface area contributed by atoms with E-state index in [4.69, 9.17) is 9.15 Å². The molecule has 24 heavy (non-hydrogen) atoms. The number of furan rings is 1. The molecule has 2 rings (SSSR count). The van der Waals surface area contributed by atoms with Crippen molar-refractivity contribution in [1.82, 2.24) is 0 Å². The zero-order valence-electron chi connectivity index (χ0n) is 13.1. The van der Waals surface area contributed by atoms with Crippen molar-refractivity contribution in [1.29, 1.82) is 0 Å². The number of sulfone groups is 1. The van der Waals surface area contributed by atoms with Crippen LogP contribution in [-0.4, -0.2) is 33.2 Å². The highest BCUT2D eigenvalue weighted by Crippen LogP contribution is 2.19. The summed E-state index contributed by atoms with van der Waals surface area (Å²) in [5, 5.41) is 0. The summed E-state index contributed by atoms with van der Waals surface area (Å²) in [5.41, 5.74) is -0.0425. The molecular weight excluding hydrogens is 336 g/mol. The highest BCUT2D eigenvalue weighted by molar-refractivity contribution is 7.91. The van der Waals surface area contributed by atoms with Gasteiger partial charge in [-0.3, -0.25) is 0 Å². The van der Waals surface area contributed by atoms with Crippen molar-refractivity contribution in [3.63, 3.8) is 0 Å². The standard InChI is InChI=1S/C16H16O7S/c1-3-24(19,20)14-7-5-4-6-12(14)15(17)22-10-11-8-9-13(23-11)16(18)21-2/h4-9H,3,10H2,1-2H3. The van der Waals surface area contributed by atoms with Crippen molar-refractivity contribution in [2.75, 3.05) is 12.9 Å². The predicted octanol–water partition coefficient (Wildman–Crippen LogP) is 2.22. The first-order chi connectivity index (χ1) is 11.4. The van der Waals surface area contributed by atoms with Gasteiger partial charge in [0.05, 0.1) is 23.3 Å². The van der Waals surface area contributed by atoms with Crippen LogP contribution in [0.4, 0.5) is 0 Å². The van der Waals surface area contributed by atoms with Gasteiger partial charge < -0.3 is 13.9 Å². The molecule has 0 N–H and O–H groups in total. The molecule has 0 saturated heterocycles. The highest BCUT2D eigenvalue weighted by Gasteiger charge is 2.22. The van der Waals surface area contributed by atoms with Gasteiger partial charge in [0, 0.05) is 0 Å². The molecule has 1 heterocycles. The Morgan fingerprint density at radius 3 is 2.46 bits per heavy atom. The number of rotatable bonds is 6. The maximum atomic E-state index is 12.2. The Bertz CT molecular complexity index is 849. The minimum absolute atomic E-state index is 0.0162. The number of carbonyl (C=O) groups excluding carboxylic acids is 2. The minimum atomic E-state index is -3.55. The van der Waals surface area contributed by atoms with Gasteiger partial charge in [0.15, 0.2) is 9.84 Å². The van der Waals surface area contributed by atoms with Gasteiger partial charge in [-0.15, -0.1) is 0 Å². The quantitative estimate of drug-likeness (QED) is 0.735. The minimum Gasteiger partial charge on any atom is -0.463 e. The average molecular weight is 352 g/mol. The van der Waals surface area contributed by atoms with E-state index in [2.05, 4.69) is 4.74 Å². The number of esters is 2. The first-order valence-electron chi connectivity index (χ1n) is 7.05. The maximum Gasteiger partial charge on any atom is 0.373 e. The normalized spacial score (nSPS) is 11.1. The zero-order valence-corrected chi connectivity index (χ0v) is 14.0. The molecule has 0 bridgehead atoms. The van der Waals surface area contributed by atoms with E-state index in [1.54, 1.807) is 6.07 Å². The van der Waals surface area contributed by atoms with Crippen LogP contribution in [0.1, 0.15) is 33.6 Å². The molecule has 0 aliphatic carbocycles. The summed E-state index contributed by atoms with van der Waals surface area (Å²) in [5.74, 6) is -1.35. The van der Waals surface area contributed by atoms with Crippen LogP contribution in [0.2, 0.25) is 0 Å². The Morgan fingerprint density at radius 1 is 1.08 bits per heavy atom. The Hall–Kier alpha value is -2.61. The lowest BCUT2D eigenvalue weighted by atomic mass is 10.2. The van der Waals surface area contributed by atoms with Crippen LogP contribution >= 0.6 is 0 Å².